The molecular formula is C36H39F3N8O3. The van der Waals surface area contributed by atoms with E-state index in [-0.39, 0.29) is 36.7 Å². The van der Waals surface area contributed by atoms with Crippen LogP contribution in [0, 0.1) is 11.3 Å². The minimum atomic E-state index is -3.08. The number of carbonyl (C=O) groups is 1. The van der Waals surface area contributed by atoms with Crippen LogP contribution in [-0.4, -0.2) is 92.3 Å². The molecule has 6 rings (SSSR count). The minimum Gasteiger partial charge on any atom is -0.457 e. The predicted molar refractivity (Wildman–Crippen MR) is 183 cm³/mol. The van der Waals surface area contributed by atoms with E-state index in [1.807, 2.05) is 49.1 Å². The Morgan fingerprint density at radius 2 is 1.70 bits per heavy atom. The Hall–Kier alpha value is -5.13. The fourth-order valence-corrected chi connectivity index (χ4v) is 6.88. The first-order chi connectivity index (χ1) is 24.0. The Morgan fingerprint density at radius 3 is 2.36 bits per heavy atom. The lowest BCUT2D eigenvalue weighted by atomic mass is 9.96. The van der Waals surface area contributed by atoms with Gasteiger partial charge in [0.05, 0.1) is 17.2 Å². The molecule has 4 aromatic rings. The molecule has 50 heavy (non-hydrogen) atoms. The number of rotatable bonds is 9. The summed E-state index contributed by atoms with van der Waals surface area (Å²) in [6.45, 7) is 5.04. The second-order valence-electron chi connectivity index (χ2n) is 13.1. The van der Waals surface area contributed by atoms with Crippen LogP contribution < -0.4 is 16.2 Å². The second kappa shape index (κ2) is 14.4. The minimum absolute atomic E-state index is 0.0601. The highest BCUT2D eigenvalue weighted by Crippen LogP contribution is 2.31. The van der Waals surface area contributed by atoms with Gasteiger partial charge in [0.15, 0.2) is 0 Å². The van der Waals surface area contributed by atoms with Crippen molar-refractivity contribution in [1.82, 2.24) is 28.8 Å². The molecule has 262 valence electrons. The number of nitrogens with zero attached hydrogens (tertiary/aromatic N) is 7. The molecule has 2 fully saturated rings. The Kier molecular flexibility index (Phi) is 9.99. The highest BCUT2D eigenvalue weighted by Gasteiger charge is 2.36. The second-order valence-corrected chi connectivity index (χ2v) is 13.1. The molecule has 2 N–H and O–H groups in total. The molecular weight excluding hydrogens is 649 g/mol. The molecule has 1 amide bonds. The molecule has 2 aromatic heterocycles. The van der Waals surface area contributed by atoms with Crippen molar-refractivity contribution in [3.8, 4) is 23.3 Å². The van der Waals surface area contributed by atoms with Crippen LogP contribution in [0.5, 0.6) is 11.5 Å². The number of fused-ring (bicyclic) bond motifs is 1. The van der Waals surface area contributed by atoms with Gasteiger partial charge in [-0.25, -0.2) is 22.9 Å². The summed E-state index contributed by atoms with van der Waals surface area (Å²) < 4.78 is 48.7. The van der Waals surface area contributed by atoms with E-state index in [9.17, 15) is 28.0 Å². The first kappa shape index (κ1) is 34.7. The number of pyridine rings is 1. The molecule has 4 heterocycles. The number of halogens is 3. The quantitative estimate of drug-likeness (QED) is 0.146. The van der Waals surface area contributed by atoms with Crippen LogP contribution in [0.2, 0.25) is 0 Å². The Morgan fingerprint density at radius 1 is 1.02 bits per heavy atom. The maximum absolute atomic E-state index is 14.2. The van der Waals surface area contributed by atoms with Crippen LogP contribution in [0.15, 0.2) is 83.3 Å². The molecule has 0 aliphatic carbocycles. The summed E-state index contributed by atoms with van der Waals surface area (Å²) in [5, 5.41) is 10.1. The molecule has 0 radical (unpaired) electrons. The molecule has 2 saturated heterocycles. The highest BCUT2D eigenvalue weighted by molar-refractivity contribution is 5.97. The van der Waals surface area contributed by atoms with Crippen molar-refractivity contribution in [2.45, 2.75) is 51.0 Å². The average molecular weight is 689 g/mol. The van der Waals surface area contributed by atoms with E-state index in [1.165, 1.54) is 4.57 Å². The van der Waals surface area contributed by atoms with Gasteiger partial charge in [-0.15, -0.1) is 0 Å². The van der Waals surface area contributed by atoms with Crippen LogP contribution in [0.25, 0.3) is 16.7 Å². The van der Waals surface area contributed by atoms with Crippen molar-refractivity contribution in [2.75, 3.05) is 45.0 Å². The average Bonchev–Trinajstić information content (AvgIpc) is 3.43. The van der Waals surface area contributed by atoms with E-state index in [2.05, 4.69) is 11.1 Å². The number of piperazine rings is 1. The Balaban J connectivity index is 1.23. The molecule has 0 bridgehead atoms. The number of hydrogen-bond acceptors (Lipinski definition) is 8. The van der Waals surface area contributed by atoms with Crippen LogP contribution in [0.1, 0.15) is 32.7 Å². The van der Waals surface area contributed by atoms with Crippen LogP contribution in [-0.2, 0) is 4.79 Å². The molecule has 11 nitrogen and oxygen atoms in total. The van der Waals surface area contributed by atoms with Gasteiger partial charge in [0, 0.05) is 51.0 Å². The smallest absolute Gasteiger partial charge is 0.334 e. The predicted octanol–water partition coefficient (Wildman–Crippen LogP) is 5.13. The van der Waals surface area contributed by atoms with Crippen molar-refractivity contribution in [3.05, 3.63) is 89.0 Å². The van der Waals surface area contributed by atoms with Gasteiger partial charge in [-0.2, -0.15) is 5.26 Å². The van der Waals surface area contributed by atoms with E-state index in [0.717, 1.165) is 4.90 Å². The summed E-state index contributed by atoms with van der Waals surface area (Å²) in [4.78, 5) is 36.9. The van der Waals surface area contributed by atoms with Gasteiger partial charge in [-0.3, -0.25) is 23.7 Å². The number of nitriles is 1. The number of imidazole rings is 1. The maximum atomic E-state index is 14.2. The van der Waals surface area contributed by atoms with Gasteiger partial charge in [-0.1, -0.05) is 18.2 Å². The first-order valence-electron chi connectivity index (χ1n) is 16.5. The zero-order chi connectivity index (χ0) is 35.6. The molecule has 0 saturated carbocycles. The van der Waals surface area contributed by atoms with E-state index < -0.39 is 30.2 Å². The number of likely N-dealkylation sites (tertiary alicyclic amines) is 1. The number of benzene rings is 2. The molecule has 14 heteroatoms. The van der Waals surface area contributed by atoms with E-state index >= 15 is 0 Å². The number of amides is 1. The topological polar surface area (TPSA) is 126 Å². The third-order valence-corrected chi connectivity index (χ3v) is 9.47. The van der Waals surface area contributed by atoms with Crippen LogP contribution >= 0.6 is 0 Å². The van der Waals surface area contributed by atoms with E-state index in [0.29, 0.717) is 60.7 Å². The number of anilines is 1. The van der Waals surface area contributed by atoms with Crippen molar-refractivity contribution in [2.24, 2.45) is 0 Å². The summed E-state index contributed by atoms with van der Waals surface area (Å²) in [6, 6.07) is 19.8. The number of carbonyl (C=O) groups excluding carboxylic acids is 1. The fraction of sp³-hybridized carbons (Fsp3) is 0.389. The number of alkyl halides is 3. The standard InChI is InChI=1S/C36H39F3N8O3/c1-36(2,45-19-17-43(18-20-45)32(39)31(37)38)21-24(22-40)34(48)44-16-6-7-26(23-44)46-29-14-15-42-33(41)30(29)47(35(46)49)25-10-12-28(13-11-25)50-27-8-4-3-5-9-27/h3-5,8-15,21,26,31-32H,6-7,16-20,23H2,1-2H3,(H2,41,42). The lowest BCUT2D eigenvalue weighted by Gasteiger charge is -2.43. The zero-order valence-corrected chi connectivity index (χ0v) is 27.9. The number of aromatic nitrogens is 3. The number of nitrogen functional groups attached to an aromatic ring is 1. The normalized spacial score (nSPS) is 18.7. The molecule has 2 aliphatic rings. The number of ether oxygens (including phenoxy) is 1. The lowest BCUT2D eigenvalue weighted by molar-refractivity contribution is -0.128. The Labute approximate surface area is 287 Å². The van der Waals surface area contributed by atoms with Crippen molar-refractivity contribution >= 4 is 22.8 Å². The van der Waals surface area contributed by atoms with Gasteiger partial charge < -0.3 is 15.4 Å². The van der Waals surface area contributed by atoms with Gasteiger partial charge in [0.2, 0.25) is 6.30 Å². The molecule has 2 aromatic carbocycles. The summed E-state index contributed by atoms with van der Waals surface area (Å²) in [6.07, 6.45) is -1.07. The van der Waals surface area contributed by atoms with Crippen molar-refractivity contribution in [3.63, 3.8) is 0 Å². The van der Waals surface area contributed by atoms with Gasteiger partial charge in [0.25, 0.3) is 12.3 Å². The number of nitrogens with two attached hydrogens (primary N) is 1. The SMILES string of the molecule is CC(C)(C=C(C#N)C(=O)N1CCCC(n2c(=O)n(-c3ccc(Oc4ccccc4)cc3)c3c(N)nccc32)C1)N1CCN(C(F)C(F)F)CC1. The molecule has 0 spiro atoms. The molecule has 2 unspecified atom stereocenters. The number of piperidine rings is 1. The van der Waals surface area contributed by atoms with Gasteiger partial charge >= 0.3 is 5.69 Å². The lowest BCUT2D eigenvalue weighted by Crippen LogP contribution is -2.56. The summed E-state index contributed by atoms with van der Waals surface area (Å²) in [7, 11) is 0. The van der Waals surface area contributed by atoms with Crippen LogP contribution in [0.3, 0.4) is 0 Å². The highest BCUT2D eigenvalue weighted by atomic mass is 19.3. The monoisotopic (exact) mass is 688 g/mol. The molecule has 2 aliphatic heterocycles. The van der Waals surface area contributed by atoms with Crippen LogP contribution in [0.4, 0.5) is 19.0 Å². The van der Waals surface area contributed by atoms with Crippen molar-refractivity contribution in [1.29, 1.82) is 5.26 Å². The molecule has 2 atom stereocenters. The number of para-hydroxylation sites is 1. The van der Waals surface area contributed by atoms with Gasteiger partial charge in [-0.05, 0) is 75.2 Å². The third-order valence-electron chi connectivity index (χ3n) is 9.47. The summed E-state index contributed by atoms with van der Waals surface area (Å²) >= 11 is 0. The van der Waals surface area contributed by atoms with E-state index in [1.54, 1.807) is 52.1 Å². The van der Waals surface area contributed by atoms with Crippen molar-refractivity contribution < 1.29 is 22.7 Å². The number of hydrogen-bond donors (Lipinski definition) is 1. The van der Waals surface area contributed by atoms with Gasteiger partial charge in [0.1, 0.15) is 34.5 Å². The summed E-state index contributed by atoms with van der Waals surface area (Å²) in [5.74, 6) is 0.993. The zero-order valence-electron chi connectivity index (χ0n) is 27.9. The third kappa shape index (κ3) is 6.97. The maximum Gasteiger partial charge on any atom is 0.334 e. The van der Waals surface area contributed by atoms with E-state index in [4.69, 9.17) is 10.5 Å². The fourth-order valence-electron chi connectivity index (χ4n) is 6.88. The first-order valence-corrected chi connectivity index (χ1v) is 16.5. The Bertz CT molecular complexity index is 1960. The largest absolute Gasteiger partial charge is 0.457 e. The summed E-state index contributed by atoms with van der Waals surface area (Å²) in [5.41, 5.74) is 6.76.